The number of morpholine rings is 1. The Morgan fingerprint density at radius 3 is 2.55 bits per heavy atom. The van der Waals surface area contributed by atoms with Crippen molar-refractivity contribution >= 4 is 35.0 Å². The first-order valence-electron chi connectivity index (χ1n) is 13.4. The maximum atomic E-state index is 13.7. The molecule has 9 heteroatoms. The number of nitrogens with one attached hydrogen (secondary N) is 1. The number of hydrogen-bond acceptors (Lipinski definition) is 6. The van der Waals surface area contributed by atoms with Gasteiger partial charge in [-0.15, -0.1) is 0 Å². The number of benzene rings is 2. The van der Waals surface area contributed by atoms with Crippen molar-refractivity contribution in [1.29, 1.82) is 0 Å². The van der Waals surface area contributed by atoms with Gasteiger partial charge in [0.2, 0.25) is 5.91 Å². The SMILES string of the molecule is CC(C)(C)C(Nc1cccc(N2CCOCC2)c1)C(=O)N1CCC(OC(=O)N2Cc3cccc(Cl)c3C2)C1. The number of carbonyl (C=O) groups is 2. The van der Waals surface area contributed by atoms with Gasteiger partial charge < -0.3 is 24.6 Å². The number of rotatable bonds is 5. The minimum absolute atomic E-state index is 0.0215. The number of likely N-dealkylation sites (tertiary alicyclic amines) is 1. The summed E-state index contributed by atoms with van der Waals surface area (Å²) >= 11 is 6.30. The summed E-state index contributed by atoms with van der Waals surface area (Å²) in [7, 11) is 0. The second kappa shape index (κ2) is 11.0. The van der Waals surface area contributed by atoms with Crippen LogP contribution in [0.2, 0.25) is 5.02 Å². The lowest BCUT2D eigenvalue weighted by molar-refractivity contribution is -0.133. The minimum Gasteiger partial charge on any atom is -0.444 e. The van der Waals surface area contributed by atoms with Crippen molar-refractivity contribution in [1.82, 2.24) is 9.80 Å². The van der Waals surface area contributed by atoms with Gasteiger partial charge in [-0.05, 0) is 40.8 Å². The lowest BCUT2D eigenvalue weighted by Crippen LogP contribution is -2.49. The Balaban J connectivity index is 1.20. The second-order valence-electron chi connectivity index (χ2n) is 11.4. The smallest absolute Gasteiger partial charge is 0.410 e. The van der Waals surface area contributed by atoms with E-state index in [1.807, 2.05) is 35.2 Å². The molecular formula is C29H37ClN4O4. The first-order chi connectivity index (χ1) is 18.2. The second-order valence-corrected chi connectivity index (χ2v) is 11.8. The monoisotopic (exact) mass is 540 g/mol. The maximum Gasteiger partial charge on any atom is 0.410 e. The summed E-state index contributed by atoms with van der Waals surface area (Å²) in [6, 6.07) is 13.5. The van der Waals surface area contributed by atoms with Crippen molar-refractivity contribution in [2.75, 3.05) is 49.6 Å². The number of carbonyl (C=O) groups excluding carboxylic acids is 2. The molecule has 3 aliphatic heterocycles. The van der Waals surface area contributed by atoms with Gasteiger partial charge in [-0.3, -0.25) is 9.69 Å². The van der Waals surface area contributed by atoms with Gasteiger partial charge in [0.05, 0.1) is 26.3 Å². The lowest BCUT2D eigenvalue weighted by Gasteiger charge is -2.35. The Kier molecular flexibility index (Phi) is 7.73. The van der Waals surface area contributed by atoms with Crippen LogP contribution in [-0.2, 0) is 27.4 Å². The Morgan fingerprint density at radius 1 is 1.05 bits per heavy atom. The molecule has 2 saturated heterocycles. The van der Waals surface area contributed by atoms with Crippen LogP contribution in [0.25, 0.3) is 0 Å². The van der Waals surface area contributed by atoms with Crippen molar-refractivity contribution in [3.63, 3.8) is 0 Å². The van der Waals surface area contributed by atoms with Crippen LogP contribution in [0.5, 0.6) is 0 Å². The summed E-state index contributed by atoms with van der Waals surface area (Å²) in [5.74, 6) is 0.0215. The Morgan fingerprint density at radius 2 is 1.82 bits per heavy atom. The highest BCUT2D eigenvalue weighted by molar-refractivity contribution is 6.31. The largest absolute Gasteiger partial charge is 0.444 e. The Bertz CT molecular complexity index is 1180. The third kappa shape index (κ3) is 5.86. The molecule has 3 heterocycles. The third-order valence-corrected chi connectivity index (χ3v) is 7.91. The zero-order chi connectivity index (χ0) is 26.9. The molecule has 0 bridgehead atoms. The Hall–Kier alpha value is -2.97. The summed E-state index contributed by atoms with van der Waals surface area (Å²) in [6.45, 7) is 11.3. The first-order valence-corrected chi connectivity index (χ1v) is 13.8. The standard InChI is InChI=1S/C29H37ClN4O4/c1-29(2,3)26(31-21-7-5-8-22(16-21)32-12-14-37-15-13-32)27(35)33-11-10-23(18-33)38-28(36)34-17-20-6-4-9-25(30)24(20)19-34/h4-9,16,23,26,31H,10-15,17-19H2,1-3H3. The summed E-state index contributed by atoms with van der Waals surface area (Å²) in [5, 5.41) is 4.19. The van der Waals surface area contributed by atoms with Crippen LogP contribution in [0.3, 0.4) is 0 Å². The highest BCUT2D eigenvalue weighted by Gasteiger charge is 2.39. The third-order valence-electron chi connectivity index (χ3n) is 7.55. The molecule has 0 saturated carbocycles. The number of hydrogen-bond donors (Lipinski definition) is 1. The zero-order valence-corrected chi connectivity index (χ0v) is 23.2. The molecule has 0 aliphatic carbocycles. The van der Waals surface area contributed by atoms with E-state index in [0.717, 1.165) is 48.8 Å². The van der Waals surface area contributed by atoms with Crippen LogP contribution in [0, 0.1) is 5.41 Å². The van der Waals surface area contributed by atoms with E-state index in [0.29, 0.717) is 37.6 Å². The molecule has 0 radical (unpaired) electrons. The van der Waals surface area contributed by atoms with E-state index in [2.05, 4.69) is 43.1 Å². The highest BCUT2D eigenvalue weighted by Crippen LogP contribution is 2.31. The quantitative estimate of drug-likeness (QED) is 0.589. The van der Waals surface area contributed by atoms with Gasteiger partial charge in [0, 0.05) is 49.0 Å². The molecule has 3 aliphatic rings. The van der Waals surface area contributed by atoms with E-state index >= 15 is 0 Å². The summed E-state index contributed by atoms with van der Waals surface area (Å²) < 4.78 is 11.3. The molecule has 2 aromatic carbocycles. The number of nitrogens with zero attached hydrogens (tertiary/aromatic N) is 3. The number of fused-ring (bicyclic) bond motifs is 1. The van der Waals surface area contributed by atoms with Crippen LogP contribution < -0.4 is 10.2 Å². The minimum atomic E-state index is -0.424. The van der Waals surface area contributed by atoms with Gasteiger partial charge in [-0.25, -0.2) is 4.79 Å². The molecule has 0 aromatic heterocycles. The molecule has 2 unspecified atom stereocenters. The summed E-state index contributed by atoms with van der Waals surface area (Å²) in [4.78, 5) is 32.4. The molecule has 0 spiro atoms. The highest BCUT2D eigenvalue weighted by atomic mass is 35.5. The van der Waals surface area contributed by atoms with Gasteiger partial charge in [0.25, 0.3) is 0 Å². The topological polar surface area (TPSA) is 74.4 Å². The van der Waals surface area contributed by atoms with E-state index in [9.17, 15) is 9.59 Å². The first kappa shape index (κ1) is 26.6. The fourth-order valence-electron chi connectivity index (χ4n) is 5.36. The van der Waals surface area contributed by atoms with Crippen molar-refractivity contribution in [3.05, 3.63) is 58.6 Å². The van der Waals surface area contributed by atoms with Gasteiger partial charge >= 0.3 is 6.09 Å². The van der Waals surface area contributed by atoms with E-state index < -0.39 is 6.04 Å². The van der Waals surface area contributed by atoms with Crippen molar-refractivity contribution in [2.45, 2.75) is 52.4 Å². The van der Waals surface area contributed by atoms with E-state index in [4.69, 9.17) is 21.1 Å². The van der Waals surface area contributed by atoms with Crippen LogP contribution in [0.4, 0.5) is 16.2 Å². The zero-order valence-electron chi connectivity index (χ0n) is 22.4. The van der Waals surface area contributed by atoms with Crippen LogP contribution >= 0.6 is 11.6 Å². The maximum absolute atomic E-state index is 13.7. The molecule has 2 fully saturated rings. The Labute approximate surface area is 229 Å². The van der Waals surface area contributed by atoms with Gasteiger partial charge in [0.1, 0.15) is 12.1 Å². The van der Waals surface area contributed by atoms with Crippen LogP contribution in [-0.4, -0.2) is 73.3 Å². The van der Waals surface area contributed by atoms with E-state index in [1.54, 1.807) is 4.90 Å². The number of ether oxygens (including phenoxy) is 2. The predicted octanol–water partition coefficient (Wildman–Crippen LogP) is 4.76. The fourth-order valence-corrected chi connectivity index (χ4v) is 5.62. The normalized spacial score (nSPS) is 20.3. The van der Waals surface area contributed by atoms with Crippen LogP contribution in [0.15, 0.2) is 42.5 Å². The lowest BCUT2D eigenvalue weighted by atomic mass is 9.85. The van der Waals surface area contributed by atoms with Gasteiger partial charge in [-0.1, -0.05) is 50.6 Å². The molecule has 2 atom stereocenters. The van der Waals surface area contributed by atoms with Gasteiger partial charge in [-0.2, -0.15) is 0 Å². The summed E-state index contributed by atoms with van der Waals surface area (Å²) in [5.41, 5.74) is 3.75. The molecule has 38 heavy (non-hydrogen) atoms. The average Bonchev–Trinajstić information content (AvgIpc) is 3.55. The molecule has 2 amide bonds. The molecule has 8 nitrogen and oxygen atoms in total. The average molecular weight is 541 g/mol. The van der Waals surface area contributed by atoms with Crippen molar-refractivity contribution in [2.24, 2.45) is 5.41 Å². The van der Waals surface area contributed by atoms with Crippen LogP contribution in [0.1, 0.15) is 38.3 Å². The number of halogens is 1. The summed E-state index contributed by atoms with van der Waals surface area (Å²) in [6.07, 6.45) is -0.0551. The van der Waals surface area contributed by atoms with Crippen molar-refractivity contribution < 1.29 is 19.1 Å². The number of amides is 2. The van der Waals surface area contributed by atoms with E-state index in [-0.39, 0.29) is 23.5 Å². The predicted molar refractivity (Wildman–Crippen MR) is 149 cm³/mol. The number of anilines is 2. The molecular weight excluding hydrogens is 504 g/mol. The van der Waals surface area contributed by atoms with Gasteiger partial charge in [0.15, 0.2) is 0 Å². The molecule has 5 rings (SSSR count). The van der Waals surface area contributed by atoms with Crippen molar-refractivity contribution in [3.8, 4) is 0 Å². The molecule has 1 N–H and O–H groups in total. The molecule has 204 valence electrons. The van der Waals surface area contributed by atoms with E-state index in [1.165, 1.54) is 0 Å². The fraction of sp³-hybridized carbons (Fsp3) is 0.517. The molecule has 2 aromatic rings.